The largest absolute Gasteiger partial charge is 0.421 e. The maximum atomic E-state index is 13.5. The second-order valence-electron chi connectivity index (χ2n) is 3.81. The number of aromatic nitrogens is 5. The second-order valence-corrected chi connectivity index (χ2v) is 4.15. The fourth-order valence-corrected chi connectivity index (χ4v) is 1.67. The number of hydrogen-bond acceptors (Lipinski definition) is 5. The first kappa shape index (κ1) is 13.4. The van der Waals surface area contributed by atoms with Crippen molar-refractivity contribution in [1.82, 2.24) is 24.5 Å². The number of rotatable bonds is 3. The molecule has 2 aromatic heterocycles. The van der Waals surface area contributed by atoms with Gasteiger partial charge in [-0.1, -0.05) is 6.07 Å². The van der Waals surface area contributed by atoms with Gasteiger partial charge in [0.1, 0.15) is 6.33 Å². The standard InChI is InChI=1S/C12H6ClF2N5O/c13-10-17-11(20-5-4-16-6-20)19-12(18-10)21-8-3-1-2-7(14)9(8)15/h1-6H. The molecule has 0 aliphatic rings. The van der Waals surface area contributed by atoms with E-state index in [-0.39, 0.29) is 23.0 Å². The zero-order valence-corrected chi connectivity index (χ0v) is 11.0. The highest BCUT2D eigenvalue weighted by Crippen LogP contribution is 2.24. The van der Waals surface area contributed by atoms with Gasteiger partial charge in [-0.25, -0.2) is 9.37 Å². The van der Waals surface area contributed by atoms with E-state index in [1.165, 1.54) is 29.2 Å². The Morgan fingerprint density at radius 2 is 2.00 bits per heavy atom. The Bertz CT molecular complexity index is 781. The maximum absolute atomic E-state index is 13.5. The van der Waals surface area contributed by atoms with Gasteiger partial charge < -0.3 is 4.74 Å². The van der Waals surface area contributed by atoms with Crippen molar-refractivity contribution in [3.63, 3.8) is 0 Å². The number of halogens is 3. The van der Waals surface area contributed by atoms with Crippen LogP contribution in [0.15, 0.2) is 36.9 Å². The minimum atomic E-state index is -1.14. The molecule has 0 bridgehead atoms. The third kappa shape index (κ3) is 2.79. The van der Waals surface area contributed by atoms with E-state index >= 15 is 0 Å². The molecule has 3 aromatic rings. The second kappa shape index (κ2) is 5.41. The van der Waals surface area contributed by atoms with Crippen molar-refractivity contribution in [1.29, 1.82) is 0 Å². The van der Waals surface area contributed by atoms with Crippen LogP contribution >= 0.6 is 11.6 Å². The summed E-state index contributed by atoms with van der Waals surface area (Å²) in [6, 6.07) is 3.25. The Morgan fingerprint density at radius 3 is 2.76 bits per heavy atom. The van der Waals surface area contributed by atoms with Crippen LogP contribution < -0.4 is 4.74 Å². The highest BCUT2D eigenvalue weighted by Gasteiger charge is 2.13. The van der Waals surface area contributed by atoms with Gasteiger partial charge in [-0.3, -0.25) is 4.57 Å². The zero-order chi connectivity index (χ0) is 14.8. The summed E-state index contributed by atoms with van der Waals surface area (Å²) in [6.45, 7) is 0. The smallest absolute Gasteiger partial charge is 0.328 e. The Balaban J connectivity index is 1.98. The first-order chi connectivity index (χ1) is 10.1. The van der Waals surface area contributed by atoms with E-state index in [0.29, 0.717) is 0 Å². The van der Waals surface area contributed by atoms with Gasteiger partial charge in [0.05, 0.1) is 0 Å². The average Bonchev–Trinajstić information content (AvgIpc) is 2.97. The van der Waals surface area contributed by atoms with E-state index in [9.17, 15) is 8.78 Å². The van der Waals surface area contributed by atoms with E-state index in [4.69, 9.17) is 16.3 Å². The molecule has 0 fully saturated rings. The van der Waals surface area contributed by atoms with Crippen molar-refractivity contribution in [2.75, 3.05) is 0 Å². The number of imidazole rings is 1. The molecule has 0 amide bonds. The molecule has 0 radical (unpaired) electrons. The lowest BCUT2D eigenvalue weighted by molar-refractivity contribution is 0.391. The highest BCUT2D eigenvalue weighted by atomic mass is 35.5. The van der Waals surface area contributed by atoms with Gasteiger partial charge >= 0.3 is 6.01 Å². The van der Waals surface area contributed by atoms with E-state index in [0.717, 1.165) is 6.07 Å². The van der Waals surface area contributed by atoms with Gasteiger partial charge in [0.2, 0.25) is 17.0 Å². The monoisotopic (exact) mass is 309 g/mol. The topological polar surface area (TPSA) is 65.7 Å². The summed E-state index contributed by atoms with van der Waals surface area (Å²) < 4.78 is 33.2. The molecule has 0 saturated carbocycles. The van der Waals surface area contributed by atoms with Crippen molar-refractivity contribution < 1.29 is 13.5 Å². The van der Waals surface area contributed by atoms with Gasteiger partial charge in [0, 0.05) is 12.4 Å². The van der Waals surface area contributed by atoms with Crippen LogP contribution in [-0.4, -0.2) is 24.5 Å². The maximum Gasteiger partial charge on any atom is 0.328 e. The molecule has 0 N–H and O–H groups in total. The molecule has 0 saturated heterocycles. The summed E-state index contributed by atoms with van der Waals surface area (Å²) in [5, 5.41) is -0.152. The van der Waals surface area contributed by atoms with Crippen molar-refractivity contribution in [3.05, 3.63) is 53.8 Å². The fraction of sp³-hybridized carbons (Fsp3) is 0. The van der Waals surface area contributed by atoms with Gasteiger partial charge in [0.15, 0.2) is 11.6 Å². The van der Waals surface area contributed by atoms with Crippen LogP contribution in [0.2, 0.25) is 5.28 Å². The number of ether oxygens (including phenoxy) is 1. The van der Waals surface area contributed by atoms with E-state index in [1.807, 2.05) is 0 Å². The molecular formula is C12H6ClF2N5O. The molecule has 9 heteroatoms. The molecule has 106 valence electrons. The molecule has 0 aliphatic carbocycles. The number of benzene rings is 1. The minimum absolute atomic E-state index is 0.138. The molecule has 3 rings (SSSR count). The van der Waals surface area contributed by atoms with Crippen LogP contribution in [0.25, 0.3) is 5.95 Å². The first-order valence-corrected chi connectivity index (χ1v) is 6.03. The van der Waals surface area contributed by atoms with Crippen LogP contribution in [0, 0.1) is 11.6 Å². The van der Waals surface area contributed by atoms with Crippen molar-refractivity contribution in [2.24, 2.45) is 0 Å². The molecular weight excluding hydrogens is 304 g/mol. The van der Waals surface area contributed by atoms with Crippen LogP contribution in [0.1, 0.15) is 0 Å². The summed E-state index contributed by atoms with van der Waals surface area (Å²) in [5.74, 6) is -2.39. The SMILES string of the molecule is Fc1cccc(Oc2nc(Cl)nc(-n3ccnc3)n2)c1F. The number of nitrogens with zero attached hydrogens (tertiary/aromatic N) is 5. The molecule has 6 nitrogen and oxygen atoms in total. The Morgan fingerprint density at radius 1 is 1.14 bits per heavy atom. The van der Waals surface area contributed by atoms with Crippen molar-refractivity contribution in [3.8, 4) is 17.7 Å². The quantitative estimate of drug-likeness (QED) is 0.744. The molecule has 21 heavy (non-hydrogen) atoms. The highest BCUT2D eigenvalue weighted by molar-refractivity contribution is 6.28. The zero-order valence-electron chi connectivity index (χ0n) is 10.2. The average molecular weight is 310 g/mol. The van der Waals surface area contributed by atoms with E-state index in [1.54, 1.807) is 6.20 Å². The van der Waals surface area contributed by atoms with Crippen molar-refractivity contribution in [2.45, 2.75) is 0 Å². The molecule has 0 unspecified atom stereocenters. The lowest BCUT2D eigenvalue weighted by Gasteiger charge is -2.07. The van der Waals surface area contributed by atoms with Crippen LogP contribution in [0.4, 0.5) is 8.78 Å². The van der Waals surface area contributed by atoms with Crippen LogP contribution in [-0.2, 0) is 0 Å². The summed E-state index contributed by atoms with van der Waals surface area (Å²) in [5.41, 5.74) is 0. The predicted molar refractivity (Wildman–Crippen MR) is 68.4 cm³/mol. The molecule has 0 atom stereocenters. The summed E-state index contributed by atoms with van der Waals surface area (Å²) >= 11 is 5.76. The molecule has 2 heterocycles. The normalized spacial score (nSPS) is 10.6. The molecule has 1 aromatic carbocycles. The van der Waals surface area contributed by atoms with Crippen molar-refractivity contribution >= 4 is 11.6 Å². The fourth-order valence-electron chi connectivity index (χ4n) is 1.52. The minimum Gasteiger partial charge on any atom is -0.421 e. The van der Waals surface area contributed by atoms with Gasteiger partial charge in [-0.2, -0.15) is 19.3 Å². The van der Waals surface area contributed by atoms with Gasteiger partial charge in [0.25, 0.3) is 0 Å². The number of hydrogen-bond donors (Lipinski definition) is 0. The molecule has 0 spiro atoms. The van der Waals surface area contributed by atoms with Crippen LogP contribution in [0.3, 0.4) is 0 Å². The van der Waals surface area contributed by atoms with E-state index in [2.05, 4.69) is 19.9 Å². The lowest BCUT2D eigenvalue weighted by Crippen LogP contribution is -2.04. The predicted octanol–water partition coefficient (Wildman–Crippen LogP) is 2.78. The van der Waals surface area contributed by atoms with E-state index < -0.39 is 11.6 Å². The summed E-state index contributed by atoms with van der Waals surface area (Å²) in [4.78, 5) is 15.4. The summed E-state index contributed by atoms with van der Waals surface area (Å²) in [6.07, 6.45) is 4.54. The Kier molecular flexibility index (Phi) is 3.44. The lowest BCUT2D eigenvalue weighted by atomic mass is 10.3. The first-order valence-electron chi connectivity index (χ1n) is 5.65. The Labute approximate surface area is 122 Å². The van der Waals surface area contributed by atoms with Crippen LogP contribution in [0.5, 0.6) is 11.8 Å². The third-order valence-corrected chi connectivity index (χ3v) is 2.60. The van der Waals surface area contributed by atoms with Gasteiger partial charge in [-0.05, 0) is 23.7 Å². The summed E-state index contributed by atoms with van der Waals surface area (Å²) in [7, 11) is 0. The molecule has 0 aliphatic heterocycles. The third-order valence-electron chi connectivity index (χ3n) is 2.43. The Hall–Kier alpha value is -2.61. The van der Waals surface area contributed by atoms with Gasteiger partial charge in [-0.15, -0.1) is 0 Å².